The lowest BCUT2D eigenvalue weighted by molar-refractivity contribution is 0.318. The van der Waals surface area contributed by atoms with Gasteiger partial charge in [-0.15, -0.1) is 0 Å². The maximum absolute atomic E-state index is 14.1. The molecule has 5 heteroatoms. The maximum Gasteiger partial charge on any atom is 0.173 e. The first-order valence-electron chi connectivity index (χ1n) is 6.68. The minimum atomic E-state index is -0.420. The Kier molecular flexibility index (Phi) is 4.74. The van der Waals surface area contributed by atoms with Crippen LogP contribution in [-0.4, -0.2) is 17.6 Å². The monoisotopic (exact) mass is 265 g/mol. The van der Waals surface area contributed by atoms with Crippen LogP contribution in [0.15, 0.2) is 23.4 Å². The van der Waals surface area contributed by atoms with Crippen molar-refractivity contribution in [2.24, 2.45) is 16.8 Å². The Balaban J connectivity index is 1.96. The smallest absolute Gasteiger partial charge is 0.173 e. The van der Waals surface area contributed by atoms with E-state index in [1.807, 2.05) is 0 Å². The summed E-state index contributed by atoms with van der Waals surface area (Å²) in [7, 11) is 0. The molecule has 0 radical (unpaired) electrons. The second-order valence-electron chi connectivity index (χ2n) is 5.05. The number of halogens is 1. The molecule has 1 fully saturated rings. The summed E-state index contributed by atoms with van der Waals surface area (Å²) in [6.45, 7) is 1.39. The number of benzene rings is 1. The largest absolute Gasteiger partial charge is 0.409 e. The molecule has 0 amide bonds. The van der Waals surface area contributed by atoms with Gasteiger partial charge in [-0.05, 0) is 31.4 Å². The van der Waals surface area contributed by atoms with Crippen molar-refractivity contribution in [3.63, 3.8) is 0 Å². The lowest BCUT2D eigenvalue weighted by atomic mass is 10.1. The van der Waals surface area contributed by atoms with Crippen molar-refractivity contribution >= 4 is 5.84 Å². The Morgan fingerprint density at radius 2 is 2.16 bits per heavy atom. The Morgan fingerprint density at radius 1 is 1.42 bits per heavy atom. The van der Waals surface area contributed by atoms with Crippen molar-refractivity contribution in [1.29, 1.82) is 0 Å². The Morgan fingerprint density at radius 3 is 2.84 bits per heavy atom. The lowest BCUT2D eigenvalue weighted by Crippen LogP contribution is -2.22. The molecule has 1 aromatic carbocycles. The van der Waals surface area contributed by atoms with Crippen LogP contribution in [0.4, 0.5) is 4.39 Å². The van der Waals surface area contributed by atoms with Gasteiger partial charge in [0, 0.05) is 12.1 Å². The van der Waals surface area contributed by atoms with Crippen LogP contribution in [0.25, 0.3) is 0 Å². The molecule has 1 aliphatic carbocycles. The number of hydrogen-bond acceptors (Lipinski definition) is 3. The van der Waals surface area contributed by atoms with Gasteiger partial charge in [-0.3, -0.25) is 0 Å². The van der Waals surface area contributed by atoms with Crippen LogP contribution < -0.4 is 11.1 Å². The molecule has 0 bridgehead atoms. The van der Waals surface area contributed by atoms with Crippen LogP contribution in [0, 0.1) is 11.7 Å². The molecule has 1 aromatic rings. The van der Waals surface area contributed by atoms with Crippen molar-refractivity contribution in [3.05, 3.63) is 35.1 Å². The first-order chi connectivity index (χ1) is 9.22. The van der Waals surface area contributed by atoms with Gasteiger partial charge in [-0.1, -0.05) is 30.1 Å². The third-order valence-corrected chi connectivity index (χ3v) is 3.69. The number of nitrogens with zero attached hydrogens (tertiary/aromatic N) is 1. The van der Waals surface area contributed by atoms with Crippen LogP contribution in [0.3, 0.4) is 0 Å². The molecule has 4 N–H and O–H groups in total. The summed E-state index contributed by atoms with van der Waals surface area (Å²) in [6, 6.07) is 4.93. The van der Waals surface area contributed by atoms with Crippen molar-refractivity contribution in [1.82, 2.24) is 5.32 Å². The highest BCUT2D eigenvalue weighted by Gasteiger charge is 2.15. The molecule has 19 heavy (non-hydrogen) atoms. The Hall–Kier alpha value is -1.62. The number of nitrogens with one attached hydrogen (secondary N) is 1. The molecule has 0 saturated heterocycles. The Bertz CT molecular complexity index is 456. The molecular weight excluding hydrogens is 245 g/mol. The minimum Gasteiger partial charge on any atom is -0.409 e. The molecule has 0 heterocycles. The van der Waals surface area contributed by atoms with Crippen molar-refractivity contribution in [2.75, 3.05) is 6.54 Å². The third kappa shape index (κ3) is 3.44. The standard InChI is InChI=1S/C14H20FN3O/c15-13-11(6-3-7-12(13)14(16)18-19)9-17-8-10-4-1-2-5-10/h3,6-7,10,17,19H,1-2,4-5,8-9H2,(H2,16,18). The first kappa shape index (κ1) is 13.8. The zero-order chi connectivity index (χ0) is 13.7. The van der Waals surface area contributed by atoms with E-state index in [-0.39, 0.29) is 11.4 Å². The van der Waals surface area contributed by atoms with Crippen LogP contribution >= 0.6 is 0 Å². The molecule has 0 atom stereocenters. The van der Waals surface area contributed by atoms with E-state index < -0.39 is 5.82 Å². The molecule has 0 spiro atoms. The maximum atomic E-state index is 14.1. The summed E-state index contributed by atoms with van der Waals surface area (Å²) in [5.74, 6) is 0.0992. The second kappa shape index (κ2) is 6.52. The van der Waals surface area contributed by atoms with Gasteiger partial charge in [0.2, 0.25) is 0 Å². The normalized spacial score (nSPS) is 17.0. The summed E-state index contributed by atoms with van der Waals surface area (Å²) in [5, 5.41) is 14.7. The highest BCUT2D eigenvalue weighted by Crippen LogP contribution is 2.23. The molecule has 0 aromatic heterocycles. The zero-order valence-corrected chi connectivity index (χ0v) is 10.9. The SMILES string of the molecule is N/C(=N/O)c1cccc(CNCC2CCCC2)c1F. The molecule has 0 unspecified atom stereocenters. The fraction of sp³-hybridized carbons (Fsp3) is 0.500. The van der Waals surface area contributed by atoms with E-state index in [0.717, 1.165) is 12.5 Å². The lowest BCUT2D eigenvalue weighted by Gasteiger charge is -2.12. The number of amidine groups is 1. The molecule has 4 nitrogen and oxygen atoms in total. The number of rotatable bonds is 5. The van der Waals surface area contributed by atoms with Gasteiger partial charge in [0.25, 0.3) is 0 Å². The second-order valence-corrected chi connectivity index (χ2v) is 5.05. The number of nitrogens with two attached hydrogens (primary N) is 1. The predicted molar refractivity (Wildman–Crippen MR) is 72.6 cm³/mol. The first-order valence-corrected chi connectivity index (χ1v) is 6.68. The van der Waals surface area contributed by atoms with E-state index in [2.05, 4.69) is 10.5 Å². The molecule has 1 aliphatic rings. The minimum absolute atomic E-state index is 0.141. The zero-order valence-electron chi connectivity index (χ0n) is 10.9. The van der Waals surface area contributed by atoms with Gasteiger partial charge < -0.3 is 16.3 Å². The molecule has 0 aliphatic heterocycles. The van der Waals surface area contributed by atoms with Crippen molar-refractivity contribution in [2.45, 2.75) is 32.2 Å². The van der Waals surface area contributed by atoms with E-state index in [1.54, 1.807) is 12.1 Å². The fourth-order valence-electron chi connectivity index (χ4n) is 2.59. The third-order valence-electron chi connectivity index (χ3n) is 3.69. The van der Waals surface area contributed by atoms with E-state index in [1.165, 1.54) is 31.7 Å². The molecular formula is C14H20FN3O. The van der Waals surface area contributed by atoms with Crippen molar-refractivity contribution < 1.29 is 9.60 Å². The van der Waals surface area contributed by atoms with Gasteiger partial charge in [0.15, 0.2) is 5.84 Å². The topological polar surface area (TPSA) is 70.6 Å². The number of oxime groups is 1. The summed E-state index contributed by atoms with van der Waals surface area (Å²) >= 11 is 0. The van der Waals surface area contributed by atoms with Gasteiger partial charge in [0.1, 0.15) is 5.82 Å². The summed E-state index contributed by atoms with van der Waals surface area (Å²) in [6.07, 6.45) is 5.14. The highest BCUT2D eigenvalue weighted by molar-refractivity contribution is 5.97. The molecule has 104 valence electrons. The van der Waals surface area contributed by atoms with Crippen LogP contribution in [-0.2, 0) is 6.54 Å². The van der Waals surface area contributed by atoms with Gasteiger partial charge >= 0.3 is 0 Å². The number of hydrogen-bond donors (Lipinski definition) is 3. The Labute approximate surface area is 112 Å². The van der Waals surface area contributed by atoms with Gasteiger partial charge in [0.05, 0.1) is 5.56 Å². The van der Waals surface area contributed by atoms with Crippen LogP contribution in [0.1, 0.15) is 36.8 Å². The quantitative estimate of drug-likeness (QED) is 0.331. The van der Waals surface area contributed by atoms with E-state index in [0.29, 0.717) is 12.1 Å². The van der Waals surface area contributed by atoms with Crippen molar-refractivity contribution in [3.8, 4) is 0 Å². The van der Waals surface area contributed by atoms with E-state index >= 15 is 0 Å². The summed E-state index contributed by atoms with van der Waals surface area (Å²) in [5.41, 5.74) is 6.12. The fourth-order valence-corrected chi connectivity index (χ4v) is 2.59. The summed E-state index contributed by atoms with van der Waals surface area (Å²) < 4.78 is 14.1. The predicted octanol–water partition coefficient (Wildman–Crippen LogP) is 2.20. The highest BCUT2D eigenvalue weighted by atomic mass is 19.1. The van der Waals surface area contributed by atoms with Gasteiger partial charge in [-0.2, -0.15) is 0 Å². The average molecular weight is 265 g/mol. The van der Waals surface area contributed by atoms with E-state index in [9.17, 15) is 4.39 Å². The van der Waals surface area contributed by atoms with Crippen LogP contribution in [0.5, 0.6) is 0 Å². The molecule has 2 rings (SSSR count). The van der Waals surface area contributed by atoms with Gasteiger partial charge in [-0.25, -0.2) is 4.39 Å². The van der Waals surface area contributed by atoms with Crippen LogP contribution in [0.2, 0.25) is 0 Å². The average Bonchev–Trinajstić information content (AvgIpc) is 2.93. The molecule has 1 saturated carbocycles. The van der Waals surface area contributed by atoms with E-state index in [4.69, 9.17) is 10.9 Å². The summed E-state index contributed by atoms with van der Waals surface area (Å²) in [4.78, 5) is 0.